The maximum Gasteiger partial charge on any atom is 0.334 e. The normalized spacial score (nSPS) is 24.8. The number of benzene rings is 1. The highest BCUT2D eigenvalue weighted by atomic mass is 16.6. The Kier molecular flexibility index (Phi) is 3.65. The first kappa shape index (κ1) is 13.7. The third kappa shape index (κ3) is 2.50. The first-order chi connectivity index (χ1) is 8.95. The van der Waals surface area contributed by atoms with Crippen molar-refractivity contribution in [3.63, 3.8) is 0 Å². The van der Waals surface area contributed by atoms with E-state index in [-0.39, 0.29) is 17.6 Å². The van der Waals surface area contributed by atoms with Gasteiger partial charge in [-0.25, -0.2) is 4.79 Å². The lowest BCUT2D eigenvalue weighted by Gasteiger charge is -2.43. The average molecular weight is 260 g/mol. The summed E-state index contributed by atoms with van der Waals surface area (Å²) in [6.45, 7) is 6.08. The number of rotatable bonds is 3. The second-order valence-corrected chi connectivity index (χ2v) is 5.48. The minimum Gasteiger partial charge on any atom is -0.512 e. The van der Waals surface area contributed by atoms with Crippen molar-refractivity contribution in [1.82, 2.24) is 0 Å². The molecule has 0 saturated heterocycles. The lowest BCUT2D eigenvalue weighted by molar-refractivity contribution is -0.166. The molecule has 0 bridgehead atoms. The van der Waals surface area contributed by atoms with E-state index in [4.69, 9.17) is 4.74 Å². The summed E-state index contributed by atoms with van der Waals surface area (Å²) >= 11 is 0. The largest absolute Gasteiger partial charge is 0.512 e. The van der Waals surface area contributed by atoms with E-state index in [1.165, 1.54) is 6.08 Å². The molecule has 2 atom stereocenters. The van der Waals surface area contributed by atoms with Crippen molar-refractivity contribution < 1.29 is 14.6 Å². The van der Waals surface area contributed by atoms with Gasteiger partial charge in [-0.05, 0) is 11.5 Å². The highest BCUT2D eigenvalue weighted by Crippen LogP contribution is 2.43. The molecule has 1 heterocycles. The van der Waals surface area contributed by atoms with Crippen molar-refractivity contribution in [1.29, 1.82) is 0 Å². The zero-order chi connectivity index (χ0) is 14.0. The SMILES string of the molecule is CC(C)[C@]1(C(C)c2ccccc2)CC(O)=CC(=O)O1. The van der Waals surface area contributed by atoms with Crippen LogP contribution in [0.1, 0.15) is 38.7 Å². The fourth-order valence-electron chi connectivity index (χ4n) is 2.81. The van der Waals surface area contributed by atoms with Crippen LogP contribution in [-0.4, -0.2) is 16.7 Å². The zero-order valence-electron chi connectivity index (χ0n) is 11.6. The van der Waals surface area contributed by atoms with Crippen molar-refractivity contribution in [2.45, 2.75) is 38.7 Å². The zero-order valence-corrected chi connectivity index (χ0v) is 11.6. The number of ether oxygens (including phenoxy) is 1. The Labute approximate surface area is 113 Å². The summed E-state index contributed by atoms with van der Waals surface area (Å²) in [7, 11) is 0. The Morgan fingerprint density at radius 2 is 1.84 bits per heavy atom. The molecule has 19 heavy (non-hydrogen) atoms. The van der Waals surface area contributed by atoms with Crippen LogP contribution in [0.4, 0.5) is 0 Å². The monoisotopic (exact) mass is 260 g/mol. The molecular formula is C16H20O3. The third-order valence-corrected chi connectivity index (χ3v) is 4.04. The Morgan fingerprint density at radius 3 is 2.37 bits per heavy atom. The van der Waals surface area contributed by atoms with Crippen LogP contribution in [0.3, 0.4) is 0 Å². The minimum absolute atomic E-state index is 0.0218. The summed E-state index contributed by atoms with van der Waals surface area (Å²) in [6.07, 6.45) is 1.53. The second-order valence-electron chi connectivity index (χ2n) is 5.48. The molecule has 3 heteroatoms. The topological polar surface area (TPSA) is 46.5 Å². The molecule has 0 aromatic heterocycles. The molecule has 1 aromatic rings. The summed E-state index contributed by atoms with van der Waals surface area (Å²) in [5, 5.41) is 9.82. The summed E-state index contributed by atoms with van der Waals surface area (Å²) in [6, 6.07) is 9.96. The Morgan fingerprint density at radius 1 is 1.21 bits per heavy atom. The molecule has 1 aromatic carbocycles. The van der Waals surface area contributed by atoms with Gasteiger partial charge in [-0.2, -0.15) is 0 Å². The molecule has 102 valence electrons. The maximum atomic E-state index is 11.7. The quantitative estimate of drug-likeness (QED) is 0.845. The number of hydrogen-bond donors (Lipinski definition) is 1. The van der Waals surface area contributed by atoms with Gasteiger partial charge in [0.25, 0.3) is 0 Å². The second kappa shape index (κ2) is 5.08. The van der Waals surface area contributed by atoms with Crippen LogP contribution in [0.2, 0.25) is 0 Å². The molecule has 0 amide bonds. The van der Waals surface area contributed by atoms with E-state index >= 15 is 0 Å². The van der Waals surface area contributed by atoms with Crippen LogP contribution in [0, 0.1) is 5.92 Å². The van der Waals surface area contributed by atoms with Crippen LogP contribution in [-0.2, 0) is 9.53 Å². The van der Waals surface area contributed by atoms with Crippen LogP contribution >= 0.6 is 0 Å². The molecule has 0 aliphatic carbocycles. The highest BCUT2D eigenvalue weighted by Gasteiger charge is 2.46. The van der Waals surface area contributed by atoms with Crippen molar-refractivity contribution >= 4 is 5.97 Å². The summed E-state index contributed by atoms with van der Waals surface area (Å²) in [4.78, 5) is 11.7. The third-order valence-electron chi connectivity index (χ3n) is 4.04. The van der Waals surface area contributed by atoms with E-state index in [1.807, 2.05) is 51.1 Å². The number of aliphatic hydroxyl groups is 1. The molecule has 0 radical (unpaired) electrons. The number of cyclic esters (lactones) is 1. The lowest BCUT2D eigenvalue weighted by Crippen LogP contribution is -2.47. The number of carbonyl (C=O) groups excluding carboxylic acids is 1. The molecule has 1 unspecified atom stereocenters. The van der Waals surface area contributed by atoms with Gasteiger partial charge in [-0.3, -0.25) is 0 Å². The van der Waals surface area contributed by atoms with E-state index in [0.717, 1.165) is 5.56 Å². The van der Waals surface area contributed by atoms with Crippen molar-refractivity contribution in [2.75, 3.05) is 0 Å². The Balaban J connectivity index is 2.41. The first-order valence-electron chi connectivity index (χ1n) is 6.63. The van der Waals surface area contributed by atoms with Gasteiger partial charge in [-0.15, -0.1) is 0 Å². The fraction of sp³-hybridized carbons (Fsp3) is 0.438. The average Bonchev–Trinajstić information content (AvgIpc) is 2.37. The van der Waals surface area contributed by atoms with Gasteiger partial charge >= 0.3 is 5.97 Å². The molecule has 0 saturated carbocycles. The highest BCUT2D eigenvalue weighted by molar-refractivity contribution is 5.84. The van der Waals surface area contributed by atoms with E-state index in [1.54, 1.807) is 0 Å². The molecular weight excluding hydrogens is 240 g/mol. The van der Waals surface area contributed by atoms with Crippen LogP contribution in [0.5, 0.6) is 0 Å². The number of esters is 1. The Hall–Kier alpha value is -1.77. The number of hydrogen-bond acceptors (Lipinski definition) is 3. The van der Waals surface area contributed by atoms with Gasteiger partial charge in [0.15, 0.2) is 0 Å². The van der Waals surface area contributed by atoms with Gasteiger partial charge in [0.2, 0.25) is 0 Å². The van der Waals surface area contributed by atoms with Crippen molar-refractivity contribution in [2.24, 2.45) is 5.92 Å². The molecule has 1 N–H and O–H groups in total. The first-order valence-corrected chi connectivity index (χ1v) is 6.63. The predicted molar refractivity (Wildman–Crippen MR) is 73.8 cm³/mol. The summed E-state index contributed by atoms with van der Waals surface area (Å²) in [5.41, 5.74) is 0.427. The van der Waals surface area contributed by atoms with E-state index in [9.17, 15) is 9.90 Å². The number of aliphatic hydroxyl groups excluding tert-OH is 1. The molecule has 1 aliphatic rings. The molecule has 0 spiro atoms. The smallest absolute Gasteiger partial charge is 0.334 e. The van der Waals surface area contributed by atoms with Crippen LogP contribution in [0.15, 0.2) is 42.2 Å². The molecule has 1 aliphatic heterocycles. The van der Waals surface area contributed by atoms with Gasteiger partial charge in [0.1, 0.15) is 11.4 Å². The minimum atomic E-state index is -0.683. The number of carbonyl (C=O) groups is 1. The van der Waals surface area contributed by atoms with Gasteiger partial charge in [0, 0.05) is 12.3 Å². The fourth-order valence-corrected chi connectivity index (χ4v) is 2.81. The predicted octanol–water partition coefficient (Wildman–Crippen LogP) is 3.57. The standard InChI is InChI=1S/C16H20O3/c1-11(2)16(10-14(17)9-15(18)19-16)12(3)13-7-5-4-6-8-13/h4-9,11-12,17H,10H2,1-3H3/t12?,16-/m0/s1. The van der Waals surface area contributed by atoms with Crippen LogP contribution < -0.4 is 0 Å². The van der Waals surface area contributed by atoms with Crippen molar-refractivity contribution in [3.05, 3.63) is 47.7 Å². The molecule has 2 rings (SSSR count). The molecule has 3 nitrogen and oxygen atoms in total. The van der Waals surface area contributed by atoms with E-state index < -0.39 is 11.6 Å². The molecule has 0 fully saturated rings. The maximum absolute atomic E-state index is 11.7. The Bertz CT molecular complexity index is 490. The van der Waals surface area contributed by atoms with Gasteiger partial charge < -0.3 is 9.84 Å². The van der Waals surface area contributed by atoms with Crippen LogP contribution in [0.25, 0.3) is 0 Å². The van der Waals surface area contributed by atoms with Crippen molar-refractivity contribution in [3.8, 4) is 0 Å². The summed E-state index contributed by atoms with van der Waals surface area (Å²) in [5.74, 6) is -0.219. The lowest BCUT2D eigenvalue weighted by atomic mass is 9.72. The van der Waals surface area contributed by atoms with Gasteiger partial charge in [-0.1, -0.05) is 51.1 Å². The van der Waals surface area contributed by atoms with E-state index in [0.29, 0.717) is 6.42 Å². The van der Waals surface area contributed by atoms with Gasteiger partial charge in [0.05, 0.1) is 6.08 Å². The summed E-state index contributed by atoms with van der Waals surface area (Å²) < 4.78 is 5.65. The van der Waals surface area contributed by atoms with E-state index in [2.05, 4.69) is 0 Å².